The minimum atomic E-state index is -1.18. The van der Waals surface area contributed by atoms with E-state index in [0.717, 1.165) is 4.48 Å². The van der Waals surface area contributed by atoms with E-state index in [0.29, 0.717) is 0 Å². The molecule has 1 N–H and O–H groups in total. The Balaban J connectivity index is 0. The van der Waals surface area contributed by atoms with Crippen LogP contribution in [0.5, 0.6) is 5.75 Å². The Hall–Kier alpha value is -1.26. The van der Waals surface area contributed by atoms with Gasteiger partial charge in [0, 0.05) is 0 Å². The van der Waals surface area contributed by atoms with Gasteiger partial charge in [-0.1, -0.05) is 108 Å². The topological polar surface area (TPSA) is 60.4 Å². The average molecular weight is 458 g/mol. The molecule has 0 aliphatic carbocycles. The van der Waals surface area contributed by atoms with Crippen LogP contribution in [0.2, 0.25) is 0 Å². The van der Waals surface area contributed by atoms with Gasteiger partial charge in [-0.05, 0) is 18.9 Å². The molecule has 1 aromatic carbocycles. The zero-order chi connectivity index (χ0) is 22.7. The third-order valence-corrected chi connectivity index (χ3v) is 5.30. The number of quaternary nitrogens is 1. The number of carboxylic acids is 1. The third kappa shape index (κ3) is 21.7. The highest BCUT2D eigenvalue weighted by Crippen LogP contribution is 2.13. The number of benzene rings is 1. The second kappa shape index (κ2) is 20.6. The maximum Gasteiger partial charge on any atom is 0.335 e. The van der Waals surface area contributed by atoms with Gasteiger partial charge in [0.2, 0.25) is 0 Å². The van der Waals surface area contributed by atoms with Crippen LogP contribution in [0.25, 0.3) is 0 Å². The molecule has 31 heavy (non-hydrogen) atoms. The van der Waals surface area contributed by atoms with Crippen LogP contribution < -0.4 is 5.11 Å². The van der Waals surface area contributed by atoms with Crippen molar-refractivity contribution in [3.8, 4) is 5.75 Å². The van der Waals surface area contributed by atoms with E-state index in [1.165, 1.54) is 121 Å². The molecule has 0 saturated carbocycles. The van der Waals surface area contributed by atoms with Gasteiger partial charge in [-0.15, -0.1) is 12.4 Å². The summed E-state index contributed by atoms with van der Waals surface area (Å²) in [5, 5.41) is 19.0. The SMILES string of the molecule is CCCCCCCCCCCCCCCC[N+](C)(C)C.Cl.O=C(O)c1ccccc1[O-]. The van der Waals surface area contributed by atoms with Gasteiger partial charge in [0.1, 0.15) is 0 Å². The van der Waals surface area contributed by atoms with Crippen LogP contribution in [-0.2, 0) is 0 Å². The number of carboxylic acid groups (broad SMARTS) is 1. The molecular formula is C26H48ClNO3. The monoisotopic (exact) mass is 457 g/mol. The fourth-order valence-corrected chi connectivity index (χ4v) is 3.42. The summed E-state index contributed by atoms with van der Waals surface area (Å²) < 4.78 is 1.12. The summed E-state index contributed by atoms with van der Waals surface area (Å²) in [6.07, 6.45) is 20.4. The number of halogens is 1. The highest BCUT2D eigenvalue weighted by molar-refractivity contribution is 5.90. The van der Waals surface area contributed by atoms with Crippen molar-refractivity contribution in [2.75, 3.05) is 27.7 Å². The smallest absolute Gasteiger partial charge is 0.335 e. The van der Waals surface area contributed by atoms with Gasteiger partial charge < -0.3 is 14.7 Å². The Kier molecular flexibility index (Phi) is 21.2. The second-order valence-corrected chi connectivity index (χ2v) is 9.41. The van der Waals surface area contributed by atoms with E-state index >= 15 is 0 Å². The normalized spacial score (nSPS) is 10.7. The van der Waals surface area contributed by atoms with Crippen LogP contribution in [0.4, 0.5) is 0 Å². The summed E-state index contributed by atoms with van der Waals surface area (Å²) in [5.74, 6) is -1.62. The predicted molar refractivity (Wildman–Crippen MR) is 133 cm³/mol. The highest BCUT2D eigenvalue weighted by atomic mass is 35.5. The van der Waals surface area contributed by atoms with Crippen LogP contribution in [0.3, 0.4) is 0 Å². The van der Waals surface area contributed by atoms with Gasteiger partial charge in [0.15, 0.2) is 0 Å². The summed E-state index contributed by atoms with van der Waals surface area (Å²) in [6, 6.07) is 5.54. The van der Waals surface area contributed by atoms with Gasteiger partial charge >= 0.3 is 5.97 Å². The summed E-state index contributed by atoms with van der Waals surface area (Å²) in [5.41, 5.74) is -0.178. The van der Waals surface area contributed by atoms with Crippen molar-refractivity contribution in [3.63, 3.8) is 0 Å². The summed E-state index contributed by atoms with van der Waals surface area (Å²) in [4.78, 5) is 10.2. The Morgan fingerprint density at radius 1 is 0.774 bits per heavy atom. The molecule has 0 bridgehead atoms. The second-order valence-electron chi connectivity index (χ2n) is 9.41. The van der Waals surface area contributed by atoms with Gasteiger partial charge in [0.25, 0.3) is 0 Å². The number of hydrogen-bond donors (Lipinski definition) is 1. The van der Waals surface area contributed by atoms with Crippen molar-refractivity contribution < 1.29 is 19.5 Å². The average Bonchev–Trinajstić information content (AvgIpc) is 2.68. The van der Waals surface area contributed by atoms with E-state index in [4.69, 9.17) is 5.11 Å². The lowest BCUT2D eigenvalue weighted by atomic mass is 10.0. The van der Waals surface area contributed by atoms with Crippen LogP contribution in [0, 0.1) is 0 Å². The first-order chi connectivity index (χ1) is 14.3. The van der Waals surface area contributed by atoms with Gasteiger partial charge in [-0.3, -0.25) is 0 Å². The van der Waals surface area contributed by atoms with Crippen LogP contribution >= 0.6 is 12.4 Å². The molecule has 0 amide bonds. The molecule has 0 fully saturated rings. The van der Waals surface area contributed by atoms with Crippen molar-refractivity contribution in [2.24, 2.45) is 0 Å². The molecule has 1 rings (SSSR count). The summed E-state index contributed by atoms with van der Waals surface area (Å²) in [7, 11) is 6.88. The fraction of sp³-hybridized carbons (Fsp3) is 0.731. The number of nitrogens with zero attached hydrogens (tertiary/aromatic N) is 1. The number of carbonyl (C=O) groups is 1. The molecule has 0 atom stereocenters. The number of aromatic carboxylic acids is 1. The fourth-order valence-electron chi connectivity index (χ4n) is 3.42. The Morgan fingerprint density at radius 3 is 1.48 bits per heavy atom. The maximum atomic E-state index is 10.7. The first kappa shape index (κ1) is 31.9. The molecule has 0 aromatic heterocycles. The predicted octanol–water partition coefficient (Wildman–Crippen LogP) is 7.05. The third-order valence-electron chi connectivity index (χ3n) is 5.30. The van der Waals surface area contributed by atoms with Gasteiger partial charge in [-0.25, -0.2) is 4.79 Å². The molecule has 0 heterocycles. The summed E-state index contributed by atoms with van der Waals surface area (Å²) in [6.45, 7) is 3.63. The lowest BCUT2D eigenvalue weighted by molar-refractivity contribution is -0.870. The van der Waals surface area contributed by atoms with E-state index in [9.17, 15) is 9.90 Å². The minimum Gasteiger partial charge on any atom is -0.872 e. The molecule has 0 radical (unpaired) electrons. The molecule has 182 valence electrons. The minimum absolute atomic E-state index is 0. The van der Waals surface area contributed by atoms with E-state index in [-0.39, 0.29) is 18.0 Å². The lowest BCUT2D eigenvalue weighted by Crippen LogP contribution is -2.35. The Labute approximate surface area is 198 Å². The van der Waals surface area contributed by atoms with Crippen LogP contribution in [0.1, 0.15) is 107 Å². The maximum absolute atomic E-state index is 10.7. The Bertz CT molecular complexity index is 544. The van der Waals surface area contributed by atoms with E-state index in [1.54, 1.807) is 0 Å². The number of unbranched alkanes of at least 4 members (excludes halogenated alkanes) is 13. The van der Waals surface area contributed by atoms with E-state index in [1.807, 2.05) is 0 Å². The van der Waals surface area contributed by atoms with Crippen molar-refractivity contribution in [3.05, 3.63) is 29.8 Å². The molecule has 5 heteroatoms. The van der Waals surface area contributed by atoms with Crippen LogP contribution in [-0.4, -0.2) is 43.2 Å². The van der Waals surface area contributed by atoms with Crippen molar-refractivity contribution in [2.45, 2.75) is 96.8 Å². The van der Waals surface area contributed by atoms with E-state index in [2.05, 4.69) is 28.1 Å². The molecule has 4 nitrogen and oxygen atoms in total. The number of para-hydroxylation sites is 1. The molecule has 0 spiro atoms. The molecule has 0 aliphatic rings. The lowest BCUT2D eigenvalue weighted by Gasteiger charge is -2.23. The van der Waals surface area contributed by atoms with Crippen molar-refractivity contribution >= 4 is 18.4 Å². The number of hydrogen-bond acceptors (Lipinski definition) is 2. The van der Waals surface area contributed by atoms with E-state index < -0.39 is 11.7 Å². The molecular weight excluding hydrogens is 410 g/mol. The number of rotatable bonds is 16. The molecule has 0 saturated heterocycles. The Morgan fingerprint density at radius 2 is 1.16 bits per heavy atom. The molecule has 1 aromatic rings. The molecule has 0 unspecified atom stereocenters. The summed E-state index contributed by atoms with van der Waals surface area (Å²) >= 11 is 0. The van der Waals surface area contributed by atoms with Gasteiger partial charge in [0.05, 0.1) is 33.3 Å². The van der Waals surface area contributed by atoms with Crippen molar-refractivity contribution in [1.29, 1.82) is 0 Å². The van der Waals surface area contributed by atoms with Gasteiger partial charge in [-0.2, -0.15) is 0 Å². The first-order valence-electron chi connectivity index (χ1n) is 12.1. The standard InChI is InChI=1S/C19H42N.C7H6O3.ClH/c1-5-6-7-8-9-10-11-12-13-14-15-16-17-18-19-20(2,3)4;8-6-4-2-1-3-5(6)7(9)10;/h5-19H2,1-4H3;1-4,8H,(H,9,10);1H/q+1;;/p-1. The molecule has 0 aliphatic heterocycles. The zero-order valence-electron chi connectivity index (χ0n) is 20.5. The van der Waals surface area contributed by atoms with Crippen LogP contribution in [0.15, 0.2) is 24.3 Å². The first-order valence-corrected chi connectivity index (χ1v) is 12.1. The largest absolute Gasteiger partial charge is 0.872 e. The van der Waals surface area contributed by atoms with Crippen molar-refractivity contribution in [1.82, 2.24) is 0 Å². The highest BCUT2D eigenvalue weighted by Gasteiger charge is 2.05. The zero-order valence-corrected chi connectivity index (χ0v) is 21.4. The quantitative estimate of drug-likeness (QED) is 0.213.